The summed E-state index contributed by atoms with van der Waals surface area (Å²) in [5.74, 6) is 0. The molecule has 0 aliphatic rings. The summed E-state index contributed by atoms with van der Waals surface area (Å²) in [6.45, 7) is 25.6. The molecule has 4 aromatic carbocycles. The molecule has 0 saturated carbocycles. The van der Waals surface area contributed by atoms with Gasteiger partial charge in [0.2, 0.25) is 0 Å². The van der Waals surface area contributed by atoms with Crippen LogP contribution in [0.2, 0.25) is 0 Å². The summed E-state index contributed by atoms with van der Waals surface area (Å²) in [4.78, 5) is 9.57. The predicted octanol–water partition coefficient (Wildman–Crippen LogP) is 9.96. The van der Waals surface area contributed by atoms with Crippen molar-refractivity contribution in [3.05, 3.63) is 97.1 Å². The molecule has 246 valence electrons. The summed E-state index contributed by atoms with van der Waals surface area (Å²) in [6.07, 6.45) is 0. The molecule has 0 fully saturated rings. The quantitative estimate of drug-likeness (QED) is 0.109. The van der Waals surface area contributed by atoms with Gasteiger partial charge in [0.1, 0.15) is 0 Å². The van der Waals surface area contributed by atoms with Crippen LogP contribution in [-0.2, 0) is 0 Å². The van der Waals surface area contributed by atoms with E-state index in [0.717, 1.165) is 75.1 Å². The van der Waals surface area contributed by atoms with E-state index in [1.54, 1.807) is 0 Å². The van der Waals surface area contributed by atoms with Crippen LogP contribution in [-0.4, -0.2) is 52.4 Å². The van der Waals surface area contributed by atoms with Gasteiger partial charge in [-0.25, -0.2) is 10.0 Å². The molecular formula is C40H56N6. The van der Waals surface area contributed by atoms with E-state index in [4.69, 9.17) is 0 Å². The Morgan fingerprint density at radius 1 is 0.239 bits per heavy atom. The fourth-order valence-electron chi connectivity index (χ4n) is 6.33. The summed E-state index contributed by atoms with van der Waals surface area (Å²) in [5.41, 5.74) is 9.38. The Bertz CT molecular complexity index is 1190. The molecule has 0 atom stereocenters. The minimum Gasteiger partial charge on any atom is -0.372 e. The fraction of sp³-hybridized carbons (Fsp3) is 0.400. The Kier molecular flexibility index (Phi) is 12.6. The van der Waals surface area contributed by atoms with Gasteiger partial charge in [0.25, 0.3) is 0 Å². The average molecular weight is 621 g/mol. The Morgan fingerprint density at radius 3 is 0.500 bits per heavy atom. The largest absolute Gasteiger partial charge is 0.372 e. The molecular weight excluding hydrogens is 564 g/mol. The summed E-state index contributed by atoms with van der Waals surface area (Å²) in [5, 5.41) is 4.72. The van der Waals surface area contributed by atoms with Crippen molar-refractivity contribution in [2.24, 2.45) is 0 Å². The third kappa shape index (κ3) is 7.72. The van der Waals surface area contributed by atoms with Gasteiger partial charge < -0.3 is 19.6 Å². The van der Waals surface area contributed by atoms with Crippen molar-refractivity contribution >= 4 is 45.5 Å². The van der Waals surface area contributed by atoms with Crippen LogP contribution in [0.1, 0.15) is 55.4 Å². The first kappa shape index (κ1) is 34.6. The highest BCUT2D eigenvalue weighted by molar-refractivity contribution is 5.80. The maximum Gasteiger partial charge on any atom is 0.0638 e. The van der Waals surface area contributed by atoms with Crippen LogP contribution in [0.15, 0.2) is 97.1 Å². The Balaban J connectivity index is 1.91. The van der Waals surface area contributed by atoms with Crippen LogP contribution in [0.4, 0.5) is 45.5 Å². The SMILES string of the molecule is CCN(CC)c1ccc(N(c2ccc(N(CC)CC)cc2)N(c2ccc(N(CC)CC)cc2)c2ccc(N(CC)CC)cc2)cc1. The molecule has 0 radical (unpaired) electrons. The van der Waals surface area contributed by atoms with Crippen molar-refractivity contribution in [3.63, 3.8) is 0 Å². The second kappa shape index (κ2) is 16.8. The molecule has 4 aromatic rings. The molecule has 0 heterocycles. The lowest BCUT2D eigenvalue weighted by atomic mass is 10.2. The van der Waals surface area contributed by atoms with E-state index in [1.165, 1.54) is 22.7 Å². The Hall–Kier alpha value is -4.32. The van der Waals surface area contributed by atoms with Crippen LogP contribution < -0.4 is 29.6 Å². The van der Waals surface area contributed by atoms with E-state index >= 15 is 0 Å². The van der Waals surface area contributed by atoms with Gasteiger partial charge >= 0.3 is 0 Å². The van der Waals surface area contributed by atoms with Crippen molar-refractivity contribution in [2.45, 2.75) is 55.4 Å². The third-order valence-corrected chi connectivity index (χ3v) is 9.09. The molecule has 0 bridgehead atoms. The van der Waals surface area contributed by atoms with Crippen molar-refractivity contribution in [3.8, 4) is 0 Å². The summed E-state index contributed by atoms with van der Waals surface area (Å²) < 4.78 is 0. The first-order chi connectivity index (χ1) is 22.5. The highest BCUT2D eigenvalue weighted by Crippen LogP contribution is 2.39. The zero-order chi connectivity index (χ0) is 33.1. The maximum absolute atomic E-state index is 2.39. The lowest BCUT2D eigenvalue weighted by Crippen LogP contribution is -2.36. The van der Waals surface area contributed by atoms with Gasteiger partial charge in [0, 0.05) is 75.1 Å². The van der Waals surface area contributed by atoms with E-state index in [9.17, 15) is 0 Å². The molecule has 0 aromatic heterocycles. The van der Waals surface area contributed by atoms with Crippen LogP contribution in [0.5, 0.6) is 0 Å². The van der Waals surface area contributed by atoms with Crippen molar-refractivity contribution < 1.29 is 0 Å². The van der Waals surface area contributed by atoms with Gasteiger partial charge in [-0.05, 0) is 152 Å². The van der Waals surface area contributed by atoms with Gasteiger partial charge in [0.15, 0.2) is 0 Å². The van der Waals surface area contributed by atoms with E-state index in [0.29, 0.717) is 0 Å². The van der Waals surface area contributed by atoms with Gasteiger partial charge in [0.05, 0.1) is 22.7 Å². The van der Waals surface area contributed by atoms with Crippen molar-refractivity contribution in [2.75, 3.05) is 82.0 Å². The van der Waals surface area contributed by atoms with Gasteiger partial charge in [-0.2, -0.15) is 0 Å². The zero-order valence-corrected chi connectivity index (χ0v) is 29.6. The number of benzene rings is 4. The molecule has 0 amide bonds. The Labute approximate surface area is 279 Å². The number of rotatable bonds is 17. The smallest absolute Gasteiger partial charge is 0.0638 e. The van der Waals surface area contributed by atoms with Gasteiger partial charge in [-0.3, -0.25) is 0 Å². The fourth-order valence-corrected chi connectivity index (χ4v) is 6.33. The maximum atomic E-state index is 2.39. The second-order valence-electron chi connectivity index (χ2n) is 11.4. The summed E-state index contributed by atoms with van der Waals surface area (Å²) in [6, 6.07) is 36.1. The van der Waals surface area contributed by atoms with Gasteiger partial charge in [-0.15, -0.1) is 0 Å². The number of hydrazine groups is 1. The van der Waals surface area contributed by atoms with E-state index in [1.807, 2.05) is 0 Å². The van der Waals surface area contributed by atoms with Gasteiger partial charge in [-0.1, -0.05) is 0 Å². The normalized spacial score (nSPS) is 10.9. The predicted molar refractivity (Wildman–Crippen MR) is 204 cm³/mol. The van der Waals surface area contributed by atoms with E-state index in [-0.39, 0.29) is 0 Å². The molecule has 0 saturated heterocycles. The average Bonchev–Trinajstić information content (AvgIpc) is 3.11. The number of nitrogens with zero attached hydrogens (tertiary/aromatic N) is 6. The lowest BCUT2D eigenvalue weighted by molar-refractivity contribution is 0.863. The molecule has 4 rings (SSSR count). The van der Waals surface area contributed by atoms with Crippen LogP contribution in [0, 0.1) is 0 Å². The third-order valence-electron chi connectivity index (χ3n) is 9.09. The zero-order valence-electron chi connectivity index (χ0n) is 29.6. The number of hydrogen-bond acceptors (Lipinski definition) is 6. The molecule has 46 heavy (non-hydrogen) atoms. The summed E-state index contributed by atoms with van der Waals surface area (Å²) in [7, 11) is 0. The topological polar surface area (TPSA) is 19.4 Å². The standard InChI is InChI=1S/C40H56N6/c1-9-41(10-2)33-17-25-37(26-18-33)45(38-27-19-34(20-28-38)42(11-3)12-4)46(39-29-21-35(22-30-39)43(13-5)14-6)40-31-23-36(24-32-40)44(15-7)16-8/h17-32H,9-16H2,1-8H3. The summed E-state index contributed by atoms with van der Waals surface area (Å²) >= 11 is 0. The molecule has 0 unspecified atom stereocenters. The molecule has 6 nitrogen and oxygen atoms in total. The van der Waals surface area contributed by atoms with Crippen LogP contribution in [0.3, 0.4) is 0 Å². The van der Waals surface area contributed by atoms with E-state index in [2.05, 4.69) is 182 Å². The second-order valence-corrected chi connectivity index (χ2v) is 11.4. The van der Waals surface area contributed by atoms with Crippen LogP contribution >= 0.6 is 0 Å². The number of hydrogen-bond donors (Lipinski definition) is 0. The monoisotopic (exact) mass is 620 g/mol. The highest BCUT2D eigenvalue weighted by atomic mass is 15.6. The van der Waals surface area contributed by atoms with Crippen LogP contribution in [0.25, 0.3) is 0 Å². The molecule has 0 aliphatic carbocycles. The first-order valence-corrected chi connectivity index (χ1v) is 17.5. The highest BCUT2D eigenvalue weighted by Gasteiger charge is 2.23. The first-order valence-electron chi connectivity index (χ1n) is 17.5. The Morgan fingerprint density at radius 2 is 0.370 bits per heavy atom. The van der Waals surface area contributed by atoms with Crippen molar-refractivity contribution in [1.29, 1.82) is 0 Å². The molecule has 0 aliphatic heterocycles. The molecule has 6 heteroatoms. The number of anilines is 8. The minimum atomic E-state index is 0.982. The lowest BCUT2D eigenvalue weighted by Gasteiger charge is -2.39. The van der Waals surface area contributed by atoms with E-state index < -0.39 is 0 Å². The minimum absolute atomic E-state index is 0.982. The molecule has 0 N–H and O–H groups in total. The van der Waals surface area contributed by atoms with Crippen molar-refractivity contribution in [1.82, 2.24) is 0 Å². The molecule has 0 spiro atoms.